The lowest BCUT2D eigenvalue weighted by Crippen LogP contribution is -2.30. The van der Waals surface area contributed by atoms with E-state index in [1.54, 1.807) is 6.08 Å². The minimum atomic E-state index is -0.147. The third kappa shape index (κ3) is 4.86. The Morgan fingerprint density at radius 2 is 1.42 bits per heavy atom. The van der Waals surface area contributed by atoms with Crippen LogP contribution in [0.3, 0.4) is 0 Å². The Morgan fingerprint density at radius 3 is 1.90 bits per heavy atom. The number of oxazole rings is 1. The normalized spacial score (nSPS) is 11.6. The van der Waals surface area contributed by atoms with Gasteiger partial charge in [-0.25, -0.2) is 0 Å². The van der Waals surface area contributed by atoms with Gasteiger partial charge in [0.15, 0.2) is 11.0 Å². The number of hydrogen-bond donors (Lipinski definition) is 0. The second kappa shape index (κ2) is 9.35. The summed E-state index contributed by atoms with van der Waals surface area (Å²) in [4.78, 5) is 14.7. The summed E-state index contributed by atoms with van der Waals surface area (Å²) < 4.78 is 7.08. The molecule has 0 fully saturated rings. The Hall–Kier alpha value is -3.79. The van der Waals surface area contributed by atoms with Crippen molar-refractivity contribution in [1.82, 2.24) is 4.57 Å². The van der Waals surface area contributed by atoms with Gasteiger partial charge in [0, 0.05) is 25.3 Å². The van der Waals surface area contributed by atoms with Gasteiger partial charge in [-0.05, 0) is 48.4 Å². The van der Waals surface area contributed by atoms with E-state index in [1.807, 2.05) is 31.2 Å². The van der Waals surface area contributed by atoms with Crippen molar-refractivity contribution in [1.29, 1.82) is 0 Å². The summed E-state index contributed by atoms with van der Waals surface area (Å²) in [6, 6.07) is 29.1. The Balaban J connectivity index is 1.63. The number of rotatable bonds is 7. The summed E-state index contributed by atoms with van der Waals surface area (Å²) >= 11 is 0. The number of benzene rings is 3. The van der Waals surface area contributed by atoms with Gasteiger partial charge in [-0.15, -0.1) is 0 Å². The van der Waals surface area contributed by atoms with Gasteiger partial charge in [0.1, 0.15) is 0 Å². The Bertz CT molecular complexity index is 1250. The first-order valence-electron chi connectivity index (χ1n) is 10.5. The standard InChI is InChI=1S/C27H26N2O2/c1-3-29-21(2)31-26(27(29)30)18-22-14-16-25(17-15-22)28(19-23-10-6-4-7-11-23)20-24-12-8-5-9-13-24/h4-18H,2-3,19-20H2,1H3/b26-18+. The van der Waals surface area contributed by atoms with E-state index in [4.69, 9.17) is 4.42 Å². The number of aromatic nitrogens is 1. The number of anilines is 1. The molecule has 0 amide bonds. The quantitative estimate of drug-likeness (QED) is 0.464. The molecule has 0 saturated carbocycles. The average Bonchev–Trinajstić information content (AvgIpc) is 3.07. The van der Waals surface area contributed by atoms with Crippen molar-refractivity contribution in [2.45, 2.75) is 26.6 Å². The van der Waals surface area contributed by atoms with Gasteiger partial charge < -0.3 is 9.32 Å². The highest BCUT2D eigenvalue weighted by atomic mass is 16.4. The fraction of sp³-hybridized carbons (Fsp3) is 0.148. The van der Waals surface area contributed by atoms with E-state index in [2.05, 4.69) is 72.1 Å². The lowest BCUT2D eigenvalue weighted by Gasteiger charge is -2.25. The summed E-state index contributed by atoms with van der Waals surface area (Å²) in [5.41, 5.74) is 5.09. The maximum absolute atomic E-state index is 12.4. The van der Waals surface area contributed by atoms with Crippen LogP contribution in [0.2, 0.25) is 0 Å². The van der Waals surface area contributed by atoms with Crippen molar-refractivity contribution in [3.63, 3.8) is 0 Å². The van der Waals surface area contributed by atoms with Crippen molar-refractivity contribution in [2.75, 3.05) is 4.90 Å². The maximum atomic E-state index is 12.4. The Kier molecular flexibility index (Phi) is 6.18. The van der Waals surface area contributed by atoms with Gasteiger partial charge in [-0.3, -0.25) is 9.36 Å². The van der Waals surface area contributed by atoms with E-state index < -0.39 is 0 Å². The third-order valence-electron chi connectivity index (χ3n) is 5.29. The molecule has 0 saturated heterocycles. The molecule has 3 aromatic carbocycles. The van der Waals surface area contributed by atoms with Crippen molar-refractivity contribution in [3.05, 3.63) is 123 Å². The van der Waals surface area contributed by atoms with E-state index >= 15 is 0 Å². The van der Waals surface area contributed by atoms with Crippen molar-refractivity contribution in [3.8, 4) is 0 Å². The largest absolute Gasteiger partial charge is 0.436 e. The molecule has 1 aromatic heterocycles. The molecule has 4 rings (SSSR count). The molecule has 31 heavy (non-hydrogen) atoms. The van der Waals surface area contributed by atoms with E-state index in [-0.39, 0.29) is 5.56 Å². The summed E-state index contributed by atoms with van der Waals surface area (Å²) in [6.45, 7) is 7.86. The average molecular weight is 411 g/mol. The molecule has 0 aliphatic heterocycles. The van der Waals surface area contributed by atoms with Crippen molar-refractivity contribution < 1.29 is 4.42 Å². The second-order valence-corrected chi connectivity index (χ2v) is 7.47. The molecule has 4 nitrogen and oxygen atoms in total. The molecule has 0 aliphatic rings. The van der Waals surface area contributed by atoms with Crippen LogP contribution in [0.5, 0.6) is 0 Å². The van der Waals surface area contributed by atoms with E-state index in [9.17, 15) is 4.79 Å². The smallest absolute Gasteiger partial charge is 0.296 e. The summed E-state index contributed by atoms with van der Waals surface area (Å²) in [6.07, 6.45) is 1.77. The highest BCUT2D eigenvalue weighted by Crippen LogP contribution is 2.21. The summed E-state index contributed by atoms with van der Waals surface area (Å²) in [5, 5.41) is 0. The van der Waals surface area contributed by atoms with Crippen LogP contribution in [-0.2, 0) is 19.6 Å². The predicted molar refractivity (Wildman–Crippen MR) is 126 cm³/mol. The predicted octanol–water partition coefficient (Wildman–Crippen LogP) is 3.91. The SMILES string of the molecule is C=c1o/c(=C/c2ccc(N(Cc3ccccc3)Cc3ccccc3)cc2)c(=O)n1CC. The zero-order valence-corrected chi connectivity index (χ0v) is 17.7. The zero-order valence-electron chi connectivity index (χ0n) is 17.7. The van der Waals surface area contributed by atoms with Gasteiger partial charge in [-0.1, -0.05) is 72.8 Å². The van der Waals surface area contributed by atoms with Crippen LogP contribution in [0, 0.1) is 0 Å². The summed E-state index contributed by atoms with van der Waals surface area (Å²) in [7, 11) is 0. The van der Waals surface area contributed by atoms with E-state index in [1.165, 1.54) is 15.7 Å². The zero-order chi connectivity index (χ0) is 21.6. The molecule has 156 valence electrons. The van der Waals surface area contributed by atoms with Gasteiger partial charge in [0.2, 0.25) is 0 Å². The molecule has 0 radical (unpaired) electrons. The van der Waals surface area contributed by atoms with Crippen LogP contribution < -0.4 is 21.4 Å². The van der Waals surface area contributed by atoms with E-state index in [0.29, 0.717) is 17.5 Å². The monoisotopic (exact) mass is 410 g/mol. The van der Waals surface area contributed by atoms with Gasteiger partial charge >= 0.3 is 0 Å². The van der Waals surface area contributed by atoms with Gasteiger partial charge in [0.25, 0.3) is 5.56 Å². The first kappa shape index (κ1) is 20.5. The maximum Gasteiger partial charge on any atom is 0.296 e. The van der Waals surface area contributed by atoms with Crippen LogP contribution in [0.4, 0.5) is 5.69 Å². The highest BCUT2D eigenvalue weighted by Gasteiger charge is 2.09. The van der Waals surface area contributed by atoms with Crippen LogP contribution >= 0.6 is 0 Å². The molecule has 0 atom stereocenters. The lowest BCUT2D eigenvalue weighted by molar-refractivity contribution is 0.469. The molecule has 0 bridgehead atoms. The lowest BCUT2D eigenvalue weighted by atomic mass is 10.1. The highest BCUT2D eigenvalue weighted by molar-refractivity contribution is 5.55. The van der Waals surface area contributed by atoms with Crippen LogP contribution in [-0.4, -0.2) is 4.57 Å². The topological polar surface area (TPSA) is 38.4 Å². The molecular weight excluding hydrogens is 384 g/mol. The third-order valence-corrected chi connectivity index (χ3v) is 5.29. The van der Waals surface area contributed by atoms with Crippen LogP contribution in [0.25, 0.3) is 12.7 Å². The minimum Gasteiger partial charge on any atom is -0.436 e. The fourth-order valence-corrected chi connectivity index (χ4v) is 3.66. The molecule has 0 spiro atoms. The summed E-state index contributed by atoms with van der Waals surface area (Å²) in [5.74, 6) is 0. The number of hydrogen-bond acceptors (Lipinski definition) is 3. The van der Waals surface area contributed by atoms with Gasteiger partial charge in [-0.2, -0.15) is 0 Å². The Morgan fingerprint density at radius 1 is 0.871 bits per heavy atom. The van der Waals surface area contributed by atoms with Crippen LogP contribution in [0.1, 0.15) is 23.6 Å². The molecule has 0 aliphatic carbocycles. The number of nitrogens with zero attached hydrogens (tertiary/aromatic N) is 2. The minimum absolute atomic E-state index is 0.147. The first-order valence-corrected chi connectivity index (χ1v) is 10.5. The molecular formula is C27H26N2O2. The second-order valence-electron chi connectivity index (χ2n) is 7.47. The molecule has 1 heterocycles. The van der Waals surface area contributed by atoms with Crippen molar-refractivity contribution in [2.24, 2.45) is 0 Å². The van der Waals surface area contributed by atoms with E-state index in [0.717, 1.165) is 24.3 Å². The molecule has 0 unspecified atom stereocenters. The molecule has 0 N–H and O–H groups in total. The first-order chi connectivity index (χ1) is 15.1. The van der Waals surface area contributed by atoms with Crippen LogP contribution in [0.15, 0.2) is 94.1 Å². The van der Waals surface area contributed by atoms with Crippen molar-refractivity contribution >= 4 is 18.3 Å². The molecule has 4 heteroatoms. The molecule has 4 aromatic rings. The Labute approximate surface area is 182 Å². The van der Waals surface area contributed by atoms with Gasteiger partial charge in [0.05, 0.1) is 0 Å². The fourth-order valence-electron chi connectivity index (χ4n) is 3.66.